The quantitative estimate of drug-likeness (QED) is 0.758. The summed E-state index contributed by atoms with van der Waals surface area (Å²) in [5, 5.41) is 0. The van der Waals surface area contributed by atoms with Crippen molar-refractivity contribution in [2.24, 2.45) is 5.92 Å². The van der Waals surface area contributed by atoms with Gasteiger partial charge in [-0.15, -0.1) is 0 Å². The molecule has 0 aromatic heterocycles. The Hall–Kier alpha value is -0.120. The highest BCUT2D eigenvalue weighted by Gasteiger charge is 2.30. The molecule has 2 atom stereocenters. The van der Waals surface area contributed by atoms with Crippen LogP contribution in [-0.2, 0) is 0 Å². The zero-order valence-corrected chi connectivity index (χ0v) is 12.7. The molecule has 0 bridgehead atoms. The van der Waals surface area contributed by atoms with E-state index in [-0.39, 0.29) is 0 Å². The molecule has 2 aliphatic heterocycles. The van der Waals surface area contributed by atoms with Gasteiger partial charge in [0.05, 0.1) is 0 Å². The number of hydrogen-bond acceptors (Lipinski definition) is 3. The van der Waals surface area contributed by atoms with Crippen LogP contribution in [0.4, 0.5) is 0 Å². The molecule has 3 heteroatoms. The number of hydrogen-bond donors (Lipinski definition) is 0. The van der Waals surface area contributed by atoms with Gasteiger partial charge in [0.2, 0.25) is 0 Å². The minimum absolute atomic E-state index is 0.734. The third-order valence-electron chi connectivity index (χ3n) is 4.98. The molecule has 2 saturated heterocycles. The van der Waals surface area contributed by atoms with Gasteiger partial charge < -0.3 is 4.90 Å². The lowest BCUT2D eigenvalue weighted by Gasteiger charge is -2.45. The van der Waals surface area contributed by atoms with Crippen molar-refractivity contribution in [3.63, 3.8) is 0 Å². The summed E-state index contributed by atoms with van der Waals surface area (Å²) in [7, 11) is 2.25. The molecule has 0 spiro atoms. The van der Waals surface area contributed by atoms with E-state index in [0.717, 1.165) is 18.0 Å². The van der Waals surface area contributed by atoms with Crippen LogP contribution in [0.2, 0.25) is 0 Å². The van der Waals surface area contributed by atoms with Gasteiger partial charge in [0.25, 0.3) is 0 Å². The molecule has 2 rings (SSSR count). The van der Waals surface area contributed by atoms with Gasteiger partial charge in [-0.25, -0.2) is 0 Å². The summed E-state index contributed by atoms with van der Waals surface area (Å²) in [5.74, 6) is 0.934. The van der Waals surface area contributed by atoms with Gasteiger partial charge in [-0.2, -0.15) is 0 Å². The Morgan fingerprint density at radius 1 is 0.944 bits per heavy atom. The van der Waals surface area contributed by atoms with Crippen molar-refractivity contribution in [3.8, 4) is 0 Å². The minimum Gasteiger partial charge on any atom is -0.306 e. The summed E-state index contributed by atoms with van der Waals surface area (Å²) in [5.41, 5.74) is 0. The average molecular weight is 253 g/mol. The average Bonchev–Trinajstić information content (AvgIpc) is 2.36. The molecule has 0 saturated carbocycles. The summed E-state index contributed by atoms with van der Waals surface area (Å²) >= 11 is 0. The Labute approximate surface area is 113 Å². The van der Waals surface area contributed by atoms with Crippen LogP contribution < -0.4 is 0 Å². The lowest BCUT2D eigenvalue weighted by Crippen LogP contribution is -2.57. The van der Waals surface area contributed by atoms with Crippen molar-refractivity contribution in [2.75, 3.05) is 46.3 Å². The van der Waals surface area contributed by atoms with E-state index in [2.05, 4.69) is 42.5 Å². The molecule has 0 aromatic rings. The number of likely N-dealkylation sites (N-methyl/N-ethyl adjacent to an activating group) is 1. The summed E-state index contributed by atoms with van der Waals surface area (Å²) in [6.07, 6.45) is 2.79. The van der Waals surface area contributed by atoms with Gasteiger partial charge in [-0.05, 0) is 59.3 Å². The lowest BCUT2D eigenvalue weighted by atomic mass is 9.95. The molecule has 2 unspecified atom stereocenters. The summed E-state index contributed by atoms with van der Waals surface area (Å²) in [4.78, 5) is 7.83. The van der Waals surface area contributed by atoms with E-state index in [4.69, 9.17) is 0 Å². The summed E-state index contributed by atoms with van der Waals surface area (Å²) < 4.78 is 0. The fraction of sp³-hybridized carbons (Fsp3) is 1.00. The zero-order valence-electron chi connectivity index (χ0n) is 12.7. The largest absolute Gasteiger partial charge is 0.306 e. The Bertz CT molecular complexity index is 248. The fourth-order valence-electron chi connectivity index (χ4n) is 3.54. The van der Waals surface area contributed by atoms with E-state index in [1.165, 1.54) is 52.1 Å². The monoisotopic (exact) mass is 253 g/mol. The maximum Gasteiger partial charge on any atom is 0.0195 e. The van der Waals surface area contributed by atoms with Crippen LogP contribution in [0.3, 0.4) is 0 Å². The van der Waals surface area contributed by atoms with E-state index in [9.17, 15) is 0 Å². The van der Waals surface area contributed by atoms with Crippen molar-refractivity contribution < 1.29 is 0 Å². The van der Waals surface area contributed by atoms with Crippen LogP contribution in [-0.4, -0.2) is 73.1 Å². The van der Waals surface area contributed by atoms with E-state index in [1.807, 2.05) is 0 Å². The van der Waals surface area contributed by atoms with Crippen LogP contribution in [0.1, 0.15) is 33.6 Å². The molecular weight excluding hydrogens is 222 g/mol. The molecule has 2 fully saturated rings. The van der Waals surface area contributed by atoms with Crippen molar-refractivity contribution >= 4 is 0 Å². The maximum absolute atomic E-state index is 2.74. The first-order chi connectivity index (χ1) is 8.60. The van der Waals surface area contributed by atoms with Crippen LogP contribution in [0.15, 0.2) is 0 Å². The van der Waals surface area contributed by atoms with E-state index in [1.54, 1.807) is 0 Å². The molecule has 3 nitrogen and oxygen atoms in total. The smallest absolute Gasteiger partial charge is 0.0195 e. The van der Waals surface area contributed by atoms with Gasteiger partial charge in [0.1, 0.15) is 0 Å². The highest BCUT2D eigenvalue weighted by Crippen LogP contribution is 2.21. The van der Waals surface area contributed by atoms with Gasteiger partial charge in [0, 0.05) is 31.7 Å². The molecule has 0 N–H and O–H groups in total. The lowest BCUT2D eigenvalue weighted by molar-refractivity contribution is 0.0289. The second kappa shape index (κ2) is 6.36. The Morgan fingerprint density at radius 3 is 2.11 bits per heavy atom. The Balaban J connectivity index is 1.82. The zero-order chi connectivity index (χ0) is 13.1. The molecule has 2 heterocycles. The normalized spacial score (nSPS) is 34.0. The third-order valence-corrected chi connectivity index (χ3v) is 4.98. The number of piperazine rings is 1. The summed E-state index contributed by atoms with van der Waals surface area (Å²) in [6.45, 7) is 14.7. The van der Waals surface area contributed by atoms with E-state index < -0.39 is 0 Å². The van der Waals surface area contributed by atoms with Crippen LogP contribution in [0.5, 0.6) is 0 Å². The maximum atomic E-state index is 2.74. The molecular formula is C15H31N3. The van der Waals surface area contributed by atoms with Gasteiger partial charge in [0.15, 0.2) is 0 Å². The van der Waals surface area contributed by atoms with Crippen LogP contribution in [0.25, 0.3) is 0 Å². The van der Waals surface area contributed by atoms with Gasteiger partial charge in [-0.1, -0.05) is 6.92 Å². The first-order valence-corrected chi connectivity index (χ1v) is 7.76. The Morgan fingerprint density at radius 2 is 1.50 bits per heavy atom. The fourth-order valence-corrected chi connectivity index (χ4v) is 3.54. The van der Waals surface area contributed by atoms with Crippen molar-refractivity contribution in [3.05, 3.63) is 0 Å². The molecule has 0 amide bonds. The molecule has 106 valence electrons. The third kappa shape index (κ3) is 3.46. The molecule has 2 aliphatic rings. The Kier molecular flexibility index (Phi) is 5.05. The predicted molar refractivity (Wildman–Crippen MR) is 78.0 cm³/mol. The summed E-state index contributed by atoms with van der Waals surface area (Å²) in [6, 6.07) is 1.47. The highest BCUT2D eigenvalue weighted by molar-refractivity contribution is 4.86. The van der Waals surface area contributed by atoms with Crippen molar-refractivity contribution in [1.82, 2.24) is 14.7 Å². The van der Waals surface area contributed by atoms with E-state index in [0.29, 0.717) is 0 Å². The first kappa shape index (κ1) is 14.3. The van der Waals surface area contributed by atoms with Crippen molar-refractivity contribution in [1.29, 1.82) is 0 Å². The second-order valence-corrected chi connectivity index (χ2v) is 6.49. The topological polar surface area (TPSA) is 9.72 Å². The molecule has 0 radical (unpaired) electrons. The minimum atomic E-state index is 0.734. The molecule has 0 aromatic carbocycles. The predicted octanol–water partition coefficient (Wildman–Crippen LogP) is 1.74. The molecule has 0 aliphatic carbocycles. The number of rotatable bonds is 3. The number of likely N-dealkylation sites (tertiary alicyclic amines) is 1. The SMILES string of the molecule is CCN1CC(C)N(CC2CCN(C)CC2)CC1C. The second-order valence-electron chi connectivity index (χ2n) is 6.49. The number of nitrogens with zero attached hydrogens (tertiary/aromatic N) is 3. The molecule has 18 heavy (non-hydrogen) atoms. The van der Waals surface area contributed by atoms with Crippen molar-refractivity contribution in [2.45, 2.75) is 45.7 Å². The van der Waals surface area contributed by atoms with E-state index >= 15 is 0 Å². The first-order valence-electron chi connectivity index (χ1n) is 7.76. The standard InChI is InChI=1S/C15H31N3/c1-5-17-10-14(3)18(11-13(17)2)12-15-6-8-16(4)9-7-15/h13-15H,5-12H2,1-4H3. The van der Waals surface area contributed by atoms with Gasteiger partial charge >= 0.3 is 0 Å². The van der Waals surface area contributed by atoms with Crippen LogP contribution >= 0.6 is 0 Å². The van der Waals surface area contributed by atoms with Crippen LogP contribution in [0, 0.1) is 5.92 Å². The highest BCUT2D eigenvalue weighted by atomic mass is 15.3. The van der Waals surface area contributed by atoms with Gasteiger partial charge in [-0.3, -0.25) is 9.80 Å². The number of piperidine rings is 1.